The van der Waals surface area contributed by atoms with Gasteiger partial charge in [-0.1, -0.05) is 30.9 Å². The maximum atomic E-state index is 14.2. The summed E-state index contributed by atoms with van der Waals surface area (Å²) in [7, 11) is -5.00. The van der Waals surface area contributed by atoms with Crippen LogP contribution in [0.3, 0.4) is 0 Å². The van der Waals surface area contributed by atoms with Gasteiger partial charge < -0.3 is 13.8 Å². The van der Waals surface area contributed by atoms with Gasteiger partial charge in [0.15, 0.2) is 0 Å². The van der Waals surface area contributed by atoms with Gasteiger partial charge in [-0.05, 0) is 56.9 Å². The highest BCUT2D eigenvalue weighted by atomic mass is 35.5. The minimum Gasteiger partial charge on any atom is -0.461 e. The maximum Gasteiger partial charge on any atom is 0.513 e. The van der Waals surface area contributed by atoms with Crippen molar-refractivity contribution in [1.29, 1.82) is 0 Å². The second-order valence-corrected chi connectivity index (χ2v) is 10.3. The Labute approximate surface area is 209 Å². The largest absolute Gasteiger partial charge is 0.513 e. The Balaban J connectivity index is 1.86. The molecule has 13 heteroatoms. The fourth-order valence-electron chi connectivity index (χ4n) is 3.58. The molecule has 0 saturated heterocycles. The van der Waals surface area contributed by atoms with Gasteiger partial charge in [-0.2, -0.15) is 13.9 Å². The summed E-state index contributed by atoms with van der Waals surface area (Å²) in [6.07, 6.45) is 5.72. The second-order valence-electron chi connectivity index (χ2n) is 8.29. The fraction of sp³-hybridized carbons (Fsp3) is 0.435. The summed E-state index contributed by atoms with van der Waals surface area (Å²) in [5.41, 5.74) is 0. The predicted octanol–water partition coefficient (Wildman–Crippen LogP) is 7.24. The Bertz CT molecular complexity index is 1100. The molecule has 1 N–H and O–H groups in total. The van der Waals surface area contributed by atoms with Gasteiger partial charge in [0, 0.05) is 5.02 Å². The van der Waals surface area contributed by atoms with Crippen LogP contribution < -0.4 is 14.1 Å². The van der Waals surface area contributed by atoms with Crippen molar-refractivity contribution in [2.75, 3.05) is 0 Å². The summed E-state index contributed by atoms with van der Waals surface area (Å²) in [5, 5.41) is 2.43. The van der Waals surface area contributed by atoms with Crippen molar-refractivity contribution in [1.82, 2.24) is 5.09 Å². The van der Waals surface area contributed by atoms with Crippen LogP contribution in [0.5, 0.6) is 11.5 Å². The Morgan fingerprint density at radius 2 is 1.39 bits per heavy atom. The van der Waals surface area contributed by atoms with Gasteiger partial charge in [0.1, 0.15) is 17.9 Å². The first-order chi connectivity index (χ1) is 17.0. The van der Waals surface area contributed by atoms with E-state index in [4.69, 9.17) is 25.4 Å². The molecule has 3 rings (SSSR count). The lowest BCUT2D eigenvalue weighted by molar-refractivity contribution is -0.151. The van der Waals surface area contributed by atoms with Crippen LogP contribution in [0.15, 0.2) is 24.3 Å². The van der Waals surface area contributed by atoms with E-state index in [0.29, 0.717) is 12.8 Å². The molecule has 36 heavy (non-hydrogen) atoms. The summed E-state index contributed by atoms with van der Waals surface area (Å²) in [6.45, 7) is 1.23. The average Bonchev–Trinajstić information content (AvgIpc) is 2.82. The first-order valence-electron chi connectivity index (χ1n) is 11.2. The molecule has 0 heterocycles. The van der Waals surface area contributed by atoms with Gasteiger partial charge >= 0.3 is 13.7 Å². The molecule has 2 unspecified atom stereocenters. The van der Waals surface area contributed by atoms with E-state index in [1.54, 1.807) is 0 Å². The van der Waals surface area contributed by atoms with Gasteiger partial charge in [-0.25, -0.2) is 17.7 Å². The molecule has 0 radical (unpaired) electrons. The maximum absolute atomic E-state index is 14.2. The number of hydrogen-bond donors (Lipinski definition) is 1. The van der Waals surface area contributed by atoms with Crippen molar-refractivity contribution in [3.05, 3.63) is 58.4 Å². The van der Waals surface area contributed by atoms with E-state index in [1.807, 2.05) is 0 Å². The molecule has 6 nitrogen and oxygen atoms in total. The minimum absolute atomic E-state index is 0.195. The van der Waals surface area contributed by atoms with Crippen molar-refractivity contribution in [3.63, 3.8) is 0 Å². The standard InChI is InChI=1S/C23H24ClF5NO5P/c1-13(23(31)33-15-7-5-3-2-4-6-8-15)30-36(32,34-16-11-9-14(24)10-12-16)35-22-20(28)18(26)17(25)19(27)21(22)29/h9-13,15H,2-8H2,1H3,(H,30,32). The number of carbonyl (C=O) groups excluding carboxylic acids is 1. The topological polar surface area (TPSA) is 73.9 Å². The molecular formula is C23H24ClF5NO5P. The Kier molecular flexibility index (Phi) is 9.60. The van der Waals surface area contributed by atoms with Crippen LogP contribution in [0.1, 0.15) is 51.9 Å². The zero-order valence-corrected chi connectivity index (χ0v) is 20.8. The number of ether oxygens (including phenoxy) is 1. The molecule has 1 saturated carbocycles. The molecule has 1 aliphatic rings. The number of benzene rings is 2. The second kappa shape index (κ2) is 12.3. The van der Waals surface area contributed by atoms with Crippen LogP contribution in [-0.4, -0.2) is 18.1 Å². The number of nitrogens with one attached hydrogen (secondary N) is 1. The zero-order chi connectivity index (χ0) is 26.5. The zero-order valence-electron chi connectivity index (χ0n) is 19.2. The molecular weight excluding hydrogens is 532 g/mol. The van der Waals surface area contributed by atoms with Crippen LogP contribution in [0.25, 0.3) is 0 Å². The number of halogens is 6. The predicted molar refractivity (Wildman–Crippen MR) is 121 cm³/mol. The Morgan fingerprint density at radius 3 is 1.94 bits per heavy atom. The van der Waals surface area contributed by atoms with E-state index < -0.39 is 54.6 Å². The van der Waals surface area contributed by atoms with Gasteiger partial charge in [0.2, 0.25) is 34.8 Å². The van der Waals surface area contributed by atoms with E-state index >= 15 is 0 Å². The number of hydrogen-bond acceptors (Lipinski definition) is 5. The SMILES string of the molecule is CC(NP(=O)(Oc1ccc(Cl)cc1)Oc1c(F)c(F)c(F)c(F)c1F)C(=O)OC1CCCCCCC1. The van der Waals surface area contributed by atoms with Crippen molar-refractivity contribution in [2.24, 2.45) is 0 Å². The van der Waals surface area contributed by atoms with Crippen molar-refractivity contribution >= 4 is 25.3 Å². The Hall–Kier alpha value is -2.36. The molecule has 0 aromatic heterocycles. The molecule has 2 atom stereocenters. The lowest BCUT2D eigenvalue weighted by atomic mass is 9.98. The Morgan fingerprint density at radius 1 is 0.889 bits per heavy atom. The van der Waals surface area contributed by atoms with Crippen molar-refractivity contribution < 1.29 is 45.1 Å². The van der Waals surface area contributed by atoms with Gasteiger partial charge in [0.25, 0.3) is 0 Å². The summed E-state index contributed by atoms with van der Waals surface area (Å²) in [6, 6.07) is 3.68. The van der Waals surface area contributed by atoms with Gasteiger partial charge in [0.05, 0.1) is 0 Å². The van der Waals surface area contributed by atoms with Crippen LogP contribution in [0, 0.1) is 29.1 Å². The monoisotopic (exact) mass is 555 g/mol. The van der Waals surface area contributed by atoms with Crippen LogP contribution in [-0.2, 0) is 14.1 Å². The summed E-state index contributed by atoms with van der Waals surface area (Å²) in [4.78, 5) is 12.7. The summed E-state index contributed by atoms with van der Waals surface area (Å²) in [5.74, 6) is -14.7. The third kappa shape index (κ3) is 7.11. The number of carbonyl (C=O) groups is 1. The molecule has 2 aromatic rings. The summed E-state index contributed by atoms with van der Waals surface area (Å²) < 4.78 is 98.2. The first kappa shape index (κ1) is 28.2. The number of esters is 1. The highest BCUT2D eigenvalue weighted by Crippen LogP contribution is 2.47. The lowest BCUT2D eigenvalue weighted by Crippen LogP contribution is -2.38. The van der Waals surface area contributed by atoms with Crippen LogP contribution >= 0.6 is 19.3 Å². The average molecular weight is 556 g/mol. The molecule has 0 aliphatic heterocycles. The van der Waals surface area contributed by atoms with E-state index in [9.17, 15) is 31.3 Å². The van der Waals surface area contributed by atoms with Gasteiger partial charge in [-0.3, -0.25) is 4.79 Å². The highest BCUT2D eigenvalue weighted by Gasteiger charge is 2.38. The van der Waals surface area contributed by atoms with E-state index in [1.165, 1.54) is 31.2 Å². The minimum atomic E-state index is -5.00. The van der Waals surface area contributed by atoms with Gasteiger partial charge in [-0.15, -0.1) is 0 Å². The third-order valence-electron chi connectivity index (χ3n) is 5.46. The van der Waals surface area contributed by atoms with Crippen molar-refractivity contribution in [2.45, 2.75) is 64.0 Å². The van der Waals surface area contributed by atoms with E-state index in [0.717, 1.165) is 32.1 Å². The van der Waals surface area contributed by atoms with E-state index in [2.05, 4.69) is 5.09 Å². The van der Waals surface area contributed by atoms with E-state index in [-0.39, 0.29) is 16.9 Å². The van der Waals surface area contributed by atoms with Crippen LogP contribution in [0.2, 0.25) is 5.02 Å². The van der Waals surface area contributed by atoms with Crippen LogP contribution in [0.4, 0.5) is 22.0 Å². The summed E-state index contributed by atoms with van der Waals surface area (Å²) >= 11 is 5.79. The molecule has 198 valence electrons. The quantitative estimate of drug-likeness (QED) is 0.122. The molecule has 0 amide bonds. The van der Waals surface area contributed by atoms with Crippen molar-refractivity contribution in [3.8, 4) is 11.5 Å². The number of rotatable bonds is 8. The lowest BCUT2D eigenvalue weighted by Gasteiger charge is -2.25. The molecule has 0 bridgehead atoms. The molecule has 1 fully saturated rings. The fourth-order valence-corrected chi connectivity index (χ4v) is 5.23. The molecule has 2 aromatic carbocycles. The normalized spacial score (nSPS) is 17.4. The third-order valence-corrected chi connectivity index (χ3v) is 7.29. The first-order valence-corrected chi connectivity index (χ1v) is 13.2. The molecule has 1 aliphatic carbocycles. The highest BCUT2D eigenvalue weighted by molar-refractivity contribution is 7.52. The smallest absolute Gasteiger partial charge is 0.461 e. The molecule has 0 spiro atoms.